The summed E-state index contributed by atoms with van der Waals surface area (Å²) < 4.78 is 13.2. The van der Waals surface area contributed by atoms with Gasteiger partial charge in [-0.1, -0.05) is 19.9 Å². The van der Waals surface area contributed by atoms with Crippen LogP contribution in [-0.2, 0) is 9.47 Å². The third-order valence-electron chi connectivity index (χ3n) is 7.72. The summed E-state index contributed by atoms with van der Waals surface area (Å²) in [5.41, 5.74) is 4.30. The van der Waals surface area contributed by atoms with Gasteiger partial charge in [0.1, 0.15) is 11.9 Å². The van der Waals surface area contributed by atoms with E-state index in [4.69, 9.17) is 19.6 Å². The number of hydrogen-bond donors (Lipinski definition) is 2. The van der Waals surface area contributed by atoms with E-state index in [0.29, 0.717) is 12.5 Å². The van der Waals surface area contributed by atoms with Crippen LogP contribution in [0.15, 0.2) is 18.3 Å². The van der Waals surface area contributed by atoms with Gasteiger partial charge in [-0.3, -0.25) is 0 Å². The minimum Gasteiger partial charge on any atom is -0.443 e. The minimum absolute atomic E-state index is 0.0285. The van der Waals surface area contributed by atoms with Gasteiger partial charge < -0.3 is 25.0 Å². The van der Waals surface area contributed by atoms with Crippen LogP contribution in [0.2, 0.25) is 0 Å². The van der Waals surface area contributed by atoms with Crippen molar-refractivity contribution in [2.24, 2.45) is 0 Å². The highest BCUT2D eigenvalue weighted by Gasteiger charge is 2.45. The summed E-state index contributed by atoms with van der Waals surface area (Å²) in [7, 11) is 0. The van der Waals surface area contributed by atoms with E-state index >= 15 is 0 Å². The van der Waals surface area contributed by atoms with Gasteiger partial charge in [-0.05, 0) is 43.6 Å². The van der Waals surface area contributed by atoms with Crippen molar-refractivity contribution < 1.29 is 14.3 Å². The van der Waals surface area contributed by atoms with Gasteiger partial charge >= 0.3 is 6.09 Å². The molecule has 0 saturated carbocycles. The average molecular weight is 467 g/mol. The first kappa shape index (κ1) is 21.9. The highest BCUT2D eigenvalue weighted by Crippen LogP contribution is 2.38. The van der Waals surface area contributed by atoms with Crippen LogP contribution < -0.4 is 10.6 Å². The zero-order valence-electron chi connectivity index (χ0n) is 20.0. The van der Waals surface area contributed by atoms with E-state index in [-0.39, 0.29) is 30.3 Å². The molecule has 6 rings (SSSR count). The highest BCUT2D eigenvalue weighted by atomic mass is 16.6. The number of aromatic nitrogens is 3. The molecule has 3 saturated heterocycles. The van der Waals surface area contributed by atoms with Gasteiger partial charge in [-0.25, -0.2) is 9.78 Å². The molecule has 0 radical (unpaired) electrons. The quantitative estimate of drug-likeness (QED) is 0.699. The van der Waals surface area contributed by atoms with E-state index in [1.54, 1.807) is 0 Å². The largest absolute Gasteiger partial charge is 0.443 e. The lowest BCUT2D eigenvalue weighted by atomic mass is 9.97. The van der Waals surface area contributed by atoms with Crippen LogP contribution in [0.5, 0.6) is 0 Å². The minimum atomic E-state index is -0.133. The number of amides is 1. The smallest absolute Gasteiger partial charge is 0.410 e. The van der Waals surface area contributed by atoms with Crippen molar-refractivity contribution in [1.29, 1.82) is 0 Å². The molecule has 6 heterocycles. The van der Waals surface area contributed by atoms with Gasteiger partial charge in [0.2, 0.25) is 0 Å². The number of piperidine rings is 1. The lowest BCUT2D eigenvalue weighted by molar-refractivity contribution is 0.0194. The van der Waals surface area contributed by atoms with Crippen molar-refractivity contribution in [3.8, 4) is 0 Å². The average Bonchev–Trinajstić information content (AvgIpc) is 3.36. The van der Waals surface area contributed by atoms with Crippen molar-refractivity contribution in [3.05, 3.63) is 29.6 Å². The number of nitrogens with zero attached hydrogens (tertiary/aromatic N) is 4. The fraction of sp³-hybridized carbons (Fsp3) is 0.640. The van der Waals surface area contributed by atoms with Crippen molar-refractivity contribution in [2.75, 3.05) is 31.6 Å². The van der Waals surface area contributed by atoms with E-state index in [9.17, 15) is 4.79 Å². The fourth-order valence-corrected chi connectivity index (χ4v) is 5.77. The Morgan fingerprint density at radius 3 is 2.71 bits per heavy atom. The van der Waals surface area contributed by atoms with Gasteiger partial charge in [0.15, 0.2) is 5.65 Å². The summed E-state index contributed by atoms with van der Waals surface area (Å²) >= 11 is 0. The van der Waals surface area contributed by atoms with Crippen LogP contribution in [0.4, 0.5) is 10.6 Å². The Labute approximate surface area is 199 Å². The summed E-state index contributed by atoms with van der Waals surface area (Å²) in [5.74, 6) is 1.31. The molecule has 2 unspecified atom stereocenters. The van der Waals surface area contributed by atoms with Crippen LogP contribution in [-0.4, -0.2) is 76.1 Å². The molecule has 2 aromatic rings. The fourth-order valence-electron chi connectivity index (χ4n) is 5.77. The number of carbonyl (C=O) groups excluding carboxylic acids is 1. The molecule has 4 aliphatic rings. The molecule has 3 fully saturated rings. The van der Waals surface area contributed by atoms with Crippen LogP contribution in [0.25, 0.3) is 11.2 Å². The van der Waals surface area contributed by atoms with Gasteiger partial charge in [0, 0.05) is 42.8 Å². The number of anilines is 1. The molecule has 0 aliphatic carbocycles. The Hall–Kier alpha value is -2.65. The third-order valence-corrected chi connectivity index (χ3v) is 7.72. The molecular formula is C25H34N6O3. The topological polar surface area (TPSA) is 93.0 Å². The monoisotopic (exact) mass is 466 g/mol. The molecule has 182 valence electrons. The Morgan fingerprint density at radius 2 is 2.06 bits per heavy atom. The predicted molar refractivity (Wildman–Crippen MR) is 129 cm³/mol. The molecule has 2 atom stereocenters. The second-order valence-corrected chi connectivity index (χ2v) is 10.3. The summed E-state index contributed by atoms with van der Waals surface area (Å²) in [6.45, 7) is 7.26. The van der Waals surface area contributed by atoms with Crippen LogP contribution >= 0.6 is 0 Å². The SMILES string of the molecule is CC(C)c1cnn2c(NC3CC4CCC(C3)N4C(=O)OC3CNC3)cc(C3=CCOCC3)nc12. The first-order chi connectivity index (χ1) is 16.6. The first-order valence-electron chi connectivity index (χ1n) is 12.7. The molecule has 4 aliphatic heterocycles. The lowest BCUT2D eigenvalue weighted by Crippen LogP contribution is -2.55. The lowest BCUT2D eigenvalue weighted by Gasteiger charge is -2.40. The molecule has 0 aromatic carbocycles. The third kappa shape index (κ3) is 3.94. The zero-order valence-corrected chi connectivity index (χ0v) is 20.0. The van der Waals surface area contributed by atoms with Gasteiger partial charge in [0.05, 0.1) is 25.1 Å². The maximum atomic E-state index is 12.8. The predicted octanol–water partition coefficient (Wildman–Crippen LogP) is 3.17. The molecular weight excluding hydrogens is 432 g/mol. The van der Waals surface area contributed by atoms with Crippen molar-refractivity contribution in [1.82, 2.24) is 24.8 Å². The number of carbonyl (C=O) groups is 1. The second-order valence-electron chi connectivity index (χ2n) is 10.3. The summed E-state index contributed by atoms with van der Waals surface area (Å²) in [5, 5.41) is 11.6. The molecule has 9 nitrogen and oxygen atoms in total. The Morgan fingerprint density at radius 1 is 1.26 bits per heavy atom. The van der Waals surface area contributed by atoms with Crippen molar-refractivity contribution in [2.45, 2.75) is 76.1 Å². The molecule has 34 heavy (non-hydrogen) atoms. The standard InChI is InChI=1S/C25H34N6O3/c1-15(2)21-14-27-31-23(11-22(29-24(21)31)16-5-7-33-8-6-16)28-17-9-18-3-4-19(10-17)30(18)25(32)34-20-12-26-13-20/h5,11,14-15,17-20,26,28H,3-4,6-10,12-13H2,1-2H3. The zero-order chi connectivity index (χ0) is 23.2. The number of fused-ring (bicyclic) bond motifs is 3. The van der Waals surface area contributed by atoms with Crippen LogP contribution in [0.1, 0.15) is 63.1 Å². The van der Waals surface area contributed by atoms with Gasteiger partial charge in [-0.15, -0.1) is 0 Å². The number of hydrogen-bond acceptors (Lipinski definition) is 7. The molecule has 9 heteroatoms. The van der Waals surface area contributed by atoms with Gasteiger partial charge in [0.25, 0.3) is 0 Å². The normalized spacial score (nSPS) is 27.1. The molecule has 2 N–H and O–H groups in total. The molecule has 1 amide bonds. The molecule has 2 aromatic heterocycles. The van der Waals surface area contributed by atoms with Crippen molar-refractivity contribution >= 4 is 23.1 Å². The highest BCUT2D eigenvalue weighted by molar-refractivity contribution is 5.70. The van der Waals surface area contributed by atoms with E-state index < -0.39 is 0 Å². The number of nitrogens with one attached hydrogen (secondary N) is 2. The van der Waals surface area contributed by atoms with Gasteiger partial charge in [-0.2, -0.15) is 9.61 Å². The van der Waals surface area contributed by atoms with E-state index in [2.05, 4.69) is 36.6 Å². The maximum Gasteiger partial charge on any atom is 0.410 e. The summed E-state index contributed by atoms with van der Waals surface area (Å²) in [4.78, 5) is 19.8. The first-order valence-corrected chi connectivity index (χ1v) is 12.7. The molecule has 0 spiro atoms. The number of ether oxygens (including phenoxy) is 2. The second kappa shape index (κ2) is 8.85. The van der Waals surface area contributed by atoms with Crippen LogP contribution in [0, 0.1) is 0 Å². The summed E-state index contributed by atoms with van der Waals surface area (Å²) in [6, 6.07) is 2.87. The van der Waals surface area contributed by atoms with Crippen LogP contribution in [0.3, 0.4) is 0 Å². The van der Waals surface area contributed by atoms with Crippen molar-refractivity contribution in [3.63, 3.8) is 0 Å². The maximum absolute atomic E-state index is 12.8. The number of rotatable bonds is 5. The summed E-state index contributed by atoms with van der Waals surface area (Å²) in [6.07, 6.45) is 8.78. The Bertz CT molecular complexity index is 1090. The Balaban J connectivity index is 1.25. The van der Waals surface area contributed by atoms with E-state index in [0.717, 1.165) is 74.5 Å². The Kier molecular flexibility index (Phi) is 5.69. The van der Waals surface area contributed by atoms with E-state index in [1.165, 1.54) is 5.57 Å². The molecule has 2 bridgehead atoms. The van der Waals surface area contributed by atoms with E-state index in [1.807, 2.05) is 15.6 Å².